The van der Waals surface area contributed by atoms with E-state index in [-0.39, 0.29) is 30.8 Å². The lowest BCUT2D eigenvalue weighted by Crippen LogP contribution is -2.41. The second kappa shape index (κ2) is 5.65. The Labute approximate surface area is 95.1 Å². The lowest BCUT2D eigenvalue weighted by molar-refractivity contribution is -0.146. The fourth-order valence-electron chi connectivity index (χ4n) is 1.93. The first-order valence-corrected chi connectivity index (χ1v) is 5.38. The third-order valence-corrected chi connectivity index (χ3v) is 2.82. The summed E-state index contributed by atoms with van der Waals surface area (Å²) in [4.78, 5) is 24.0. The molecular weight excluding hydrogens is 208 g/mol. The normalized spacial score (nSPS) is 24.1. The van der Waals surface area contributed by atoms with Crippen LogP contribution in [-0.2, 0) is 9.59 Å². The van der Waals surface area contributed by atoms with Gasteiger partial charge in [-0.1, -0.05) is 13.0 Å². The molecule has 1 aliphatic rings. The highest BCUT2D eigenvalue weighted by Crippen LogP contribution is 2.18. The largest absolute Gasteiger partial charge is 0.480 e. The minimum Gasteiger partial charge on any atom is -0.480 e. The van der Waals surface area contributed by atoms with Gasteiger partial charge in [-0.25, -0.2) is 0 Å². The number of hydrogen-bond donors (Lipinski definition) is 2. The van der Waals surface area contributed by atoms with Crippen LogP contribution in [0.15, 0.2) is 12.7 Å². The number of aliphatic carboxylic acids is 1. The van der Waals surface area contributed by atoms with Crippen LogP contribution in [0.3, 0.4) is 0 Å². The molecule has 1 rings (SSSR count). The summed E-state index contributed by atoms with van der Waals surface area (Å²) >= 11 is 0. The summed E-state index contributed by atoms with van der Waals surface area (Å²) in [5.74, 6) is -0.943. The Kier molecular flexibility index (Phi) is 4.49. The standard InChI is InChI=1S/C11H18N2O3/c1-3-4-13(7-10(14)15)11(16)9-6-12-5-8(9)2/h3,8-9,12H,1,4-7H2,2H3,(H,14,15)/t8-,9-/m1/s1. The first kappa shape index (κ1) is 12.7. The van der Waals surface area contributed by atoms with E-state index in [4.69, 9.17) is 5.11 Å². The van der Waals surface area contributed by atoms with Gasteiger partial charge in [0.25, 0.3) is 0 Å². The van der Waals surface area contributed by atoms with Crippen molar-refractivity contribution >= 4 is 11.9 Å². The van der Waals surface area contributed by atoms with Gasteiger partial charge in [-0.05, 0) is 12.5 Å². The summed E-state index contributed by atoms with van der Waals surface area (Å²) in [6.45, 7) is 7.00. The smallest absolute Gasteiger partial charge is 0.323 e. The maximum absolute atomic E-state index is 12.1. The monoisotopic (exact) mass is 226 g/mol. The number of carbonyl (C=O) groups is 2. The molecule has 0 saturated carbocycles. The van der Waals surface area contributed by atoms with Gasteiger partial charge in [0.15, 0.2) is 0 Å². The fraction of sp³-hybridized carbons (Fsp3) is 0.636. The van der Waals surface area contributed by atoms with Crippen LogP contribution in [0.2, 0.25) is 0 Å². The molecule has 16 heavy (non-hydrogen) atoms. The van der Waals surface area contributed by atoms with Crippen LogP contribution < -0.4 is 5.32 Å². The van der Waals surface area contributed by atoms with Crippen molar-refractivity contribution in [3.05, 3.63) is 12.7 Å². The third-order valence-electron chi connectivity index (χ3n) is 2.82. The van der Waals surface area contributed by atoms with Crippen LogP contribution in [0.4, 0.5) is 0 Å². The predicted molar refractivity (Wildman–Crippen MR) is 59.9 cm³/mol. The molecule has 0 aliphatic carbocycles. The highest BCUT2D eigenvalue weighted by molar-refractivity contribution is 5.83. The molecule has 1 heterocycles. The fourth-order valence-corrected chi connectivity index (χ4v) is 1.93. The van der Waals surface area contributed by atoms with Crippen molar-refractivity contribution in [3.63, 3.8) is 0 Å². The number of nitrogens with one attached hydrogen (secondary N) is 1. The number of amides is 1. The zero-order valence-corrected chi connectivity index (χ0v) is 9.48. The number of hydrogen-bond acceptors (Lipinski definition) is 3. The first-order valence-electron chi connectivity index (χ1n) is 5.38. The van der Waals surface area contributed by atoms with E-state index in [1.807, 2.05) is 6.92 Å². The van der Waals surface area contributed by atoms with E-state index in [9.17, 15) is 9.59 Å². The van der Waals surface area contributed by atoms with Gasteiger partial charge in [0.05, 0.1) is 5.92 Å². The number of carboxylic acid groups (broad SMARTS) is 1. The van der Waals surface area contributed by atoms with E-state index < -0.39 is 5.97 Å². The molecular formula is C11H18N2O3. The van der Waals surface area contributed by atoms with Gasteiger partial charge in [0.2, 0.25) is 5.91 Å². The third kappa shape index (κ3) is 3.06. The van der Waals surface area contributed by atoms with Crippen LogP contribution in [0.5, 0.6) is 0 Å². The molecule has 1 amide bonds. The Hall–Kier alpha value is -1.36. The number of carboxylic acids is 1. The average molecular weight is 226 g/mol. The Morgan fingerprint density at radius 3 is 2.69 bits per heavy atom. The highest BCUT2D eigenvalue weighted by atomic mass is 16.4. The maximum atomic E-state index is 12.1. The quantitative estimate of drug-likeness (QED) is 0.644. The Balaban J connectivity index is 2.65. The van der Waals surface area contributed by atoms with Crippen LogP contribution in [0, 0.1) is 11.8 Å². The van der Waals surface area contributed by atoms with Crippen molar-refractivity contribution in [2.45, 2.75) is 6.92 Å². The Morgan fingerprint density at radius 2 is 2.25 bits per heavy atom. The van der Waals surface area contributed by atoms with E-state index in [2.05, 4.69) is 11.9 Å². The molecule has 2 N–H and O–H groups in total. The Morgan fingerprint density at radius 1 is 1.56 bits per heavy atom. The van der Waals surface area contributed by atoms with Gasteiger partial charge < -0.3 is 15.3 Å². The molecule has 1 aliphatic heterocycles. The van der Waals surface area contributed by atoms with Gasteiger partial charge in [-0.15, -0.1) is 6.58 Å². The highest BCUT2D eigenvalue weighted by Gasteiger charge is 2.32. The lowest BCUT2D eigenvalue weighted by Gasteiger charge is -2.24. The summed E-state index contributed by atoms with van der Waals surface area (Å²) in [7, 11) is 0. The first-order chi connectivity index (χ1) is 7.56. The van der Waals surface area contributed by atoms with Crippen molar-refractivity contribution in [1.82, 2.24) is 10.2 Å². The lowest BCUT2D eigenvalue weighted by atomic mass is 9.96. The van der Waals surface area contributed by atoms with E-state index in [1.165, 1.54) is 4.90 Å². The van der Waals surface area contributed by atoms with E-state index >= 15 is 0 Å². The van der Waals surface area contributed by atoms with Gasteiger partial charge in [0.1, 0.15) is 6.54 Å². The molecule has 0 bridgehead atoms. The molecule has 1 fully saturated rings. The van der Waals surface area contributed by atoms with E-state index in [0.29, 0.717) is 6.54 Å². The number of nitrogens with zero attached hydrogens (tertiary/aromatic N) is 1. The van der Waals surface area contributed by atoms with Crippen molar-refractivity contribution in [3.8, 4) is 0 Å². The molecule has 2 atom stereocenters. The van der Waals surface area contributed by atoms with Gasteiger partial charge in [-0.2, -0.15) is 0 Å². The topological polar surface area (TPSA) is 69.6 Å². The zero-order chi connectivity index (χ0) is 12.1. The average Bonchev–Trinajstić information content (AvgIpc) is 2.62. The van der Waals surface area contributed by atoms with Gasteiger partial charge in [-0.3, -0.25) is 9.59 Å². The second-order valence-electron chi connectivity index (χ2n) is 4.14. The summed E-state index contributed by atoms with van der Waals surface area (Å²) in [6, 6.07) is 0. The van der Waals surface area contributed by atoms with E-state index in [0.717, 1.165) is 6.54 Å². The summed E-state index contributed by atoms with van der Waals surface area (Å²) in [6.07, 6.45) is 1.55. The molecule has 0 aromatic rings. The van der Waals surface area contributed by atoms with Crippen molar-refractivity contribution in [2.24, 2.45) is 11.8 Å². The molecule has 5 nitrogen and oxygen atoms in total. The van der Waals surface area contributed by atoms with Crippen LogP contribution in [0.25, 0.3) is 0 Å². The molecule has 0 aromatic carbocycles. The number of rotatable bonds is 5. The molecule has 5 heteroatoms. The van der Waals surface area contributed by atoms with Crippen molar-refractivity contribution in [2.75, 3.05) is 26.2 Å². The van der Waals surface area contributed by atoms with E-state index in [1.54, 1.807) is 6.08 Å². The summed E-state index contributed by atoms with van der Waals surface area (Å²) in [5, 5.41) is 11.9. The molecule has 0 unspecified atom stereocenters. The second-order valence-corrected chi connectivity index (χ2v) is 4.14. The Bertz CT molecular complexity index is 291. The van der Waals surface area contributed by atoms with Crippen LogP contribution in [0.1, 0.15) is 6.92 Å². The molecule has 90 valence electrons. The molecule has 0 spiro atoms. The summed E-state index contributed by atoms with van der Waals surface area (Å²) < 4.78 is 0. The van der Waals surface area contributed by atoms with Crippen molar-refractivity contribution in [1.29, 1.82) is 0 Å². The van der Waals surface area contributed by atoms with Gasteiger partial charge >= 0.3 is 5.97 Å². The predicted octanol–water partition coefficient (Wildman–Crippen LogP) is -0.0589. The molecule has 0 radical (unpaired) electrons. The number of carbonyl (C=O) groups excluding carboxylic acids is 1. The zero-order valence-electron chi connectivity index (χ0n) is 9.48. The minimum absolute atomic E-state index is 0.0974. The molecule has 0 aromatic heterocycles. The minimum atomic E-state index is -0.992. The summed E-state index contributed by atoms with van der Waals surface area (Å²) in [5.41, 5.74) is 0. The maximum Gasteiger partial charge on any atom is 0.323 e. The van der Waals surface area contributed by atoms with Crippen LogP contribution in [-0.4, -0.2) is 48.1 Å². The van der Waals surface area contributed by atoms with Gasteiger partial charge in [0, 0.05) is 13.1 Å². The van der Waals surface area contributed by atoms with Crippen LogP contribution >= 0.6 is 0 Å². The molecule has 1 saturated heterocycles. The van der Waals surface area contributed by atoms with Crippen molar-refractivity contribution < 1.29 is 14.7 Å². The SMILES string of the molecule is C=CCN(CC(=O)O)C(=O)[C@@H]1CNC[C@H]1C.